The summed E-state index contributed by atoms with van der Waals surface area (Å²) in [5.74, 6) is -0.727. The number of likely N-dealkylation sites (N-methyl/N-ethyl adjacent to an activating group) is 2. The summed E-state index contributed by atoms with van der Waals surface area (Å²) in [6.07, 6.45) is 0. The van der Waals surface area contributed by atoms with E-state index in [-0.39, 0.29) is 17.0 Å². The van der Waals surface area contributed by atoms with Gasteiger partial charge in [0.05, 0.1) is 10.5 Å². The molecule has 0 aromatic heterocycles. The van der Waals surface area contributed by atoms with E-state index in [1.807, 2.05) is 0 Å². The Balaban J connectivity index is 3.10. The molecule has 0 aliphatic rings. The minimum atomic E-state index is -3.69. The number of hydrogen-bond donors (Lipinski definition) is 1. The molecule has 0 saturated carbocycles. The van der Waals surface area contributed by atoms with Crippen molar-refractivity contribution >= 4 is 10.0 Å². The predicted octanol–water partition coefficient (Wildman–Crippen LogP) is 0.537. The standard InChI is InChI=1S/C11H14FN3O2S/c1-14-5-6-15(2)18(16,17)10-3-4-11(12)9(7-10)8-13/h3-4,7,14H,5-6H2,1-2H3. The van der Waals surface area contributed by atoms with Gasteiger partial charge in [0.15, 0.2) is 0 Å². The number of benzene rings is 1. The van der Waals surface area contributed by atoms with Crippen LogP contribution in [0.5, 0.6) is 0 Å². The molecule has 18 heavy (non-hydrogen) atoms. The first-order valence-electron chi connectivity index (χ1n) is 5.24. The van der Waals surface area contributed by atoms with Gasteiger partial charge in [-0.1, -0.05) is 0 Å². The lowest BCUT2D eigenvalue weighted by atomic mass is 10.2. The molecule has 0 amide bonds. The molecule has 0 unspecified atom stereocenters. The molecule has 0 fully saturated rings. The van der Waals surface area contributed by atoms with Crippen LogP contribution in [0.4, 0.5) is 4.39 Å². The molecule has 0 saturated heterocycles. The lowest BCUT2D eigenvalue weighted by Gasteiger charge is -2.17. The molecular formula is C11H14FN3O2S. The quantitative estimate of drug-likeness (QED) is 0.848. The van der Waals surface area contributed by atoms with E-state index in [9.17, 15) is 12.8 Å². The maximum atomic E-state index is 13.1. The number of sulfonamides is 1. The number of nitrogens with zero attached hydrogens (tertiary/aromatic N) is 2. The molecule has 0 bridgehead atoms. The average Bonchev–Trinajstić information content (AvgIpc) is 2.36. The normalized spacial score (nSPS) is 11.5. The van der Waals surface area contributed by atoms with Crippen molar-refractivity contribution in [3.05, 3.63) is 29.6 Å². The van der Waals surface area contributed by atoms with Gasteiger partial charge in [-0.15, -0.1) is 0 Å². The van der Waals surface area contributed by atoms with Crippen molar-refractivity contribution in [1.29, 1.82) is 5.26 Å². The maximum Gasteiger partial charge on any atom is 0.242 e. The van der Waals surface area contributed by atoms with E-state index in [2.05, 4.69) is 5.32 Å². The molecule has 0 aliphatic heterocycles. The fraction of sp³-hybridized carbons (Fsp3) is 0.364. The number of nitrogens with one attached hydrogen (secondary N) is 1. The van der Waals surface area contributed by atoms with E-state index in [1.54, 1.807) is 13.1 Å². The van der Waals surface area contributed by atoms with Crippen LogP contribution >= 0.6 is 0 Å². The molecule has 1 aromatic carbocycles. The molecule has 1 rings (SSSR count). The molecule has 5 nitrogen and oxygen atoms in total. The third-order valence-electron chi connectivity index (χ3n) is 2.44. The van der Waals surface area contributed by atoms with Gasteiger partial charge in [0.1, 0.15) is 11.9 Å². The summed E-state index contributed by atoms with van der Waals surface area (Å²) in [6, 6.07) is 4.80. The van der Waals surface area contributed by atoms with E-state index in [0.717, 1.165) is 22.5 Å². The summed E-state index contributed by atoms with van der Waals surface area (Å²) in [5.41, 5.74) is -0.280. The van der Waals surface area contributed by atoms with E-state index < -0.39 is 15.8 Å². The first kappa shape index (κ1) is 14.6. The van der Waals surface area contributed by atoms with Crippen LogP contribution in [0.15, 0.2) is 23.1 Å². The number of rotatable bonds is 5. The Hall–Kier alpha value is -1.49. The molecule has 0 atom stereocenters. The zero-order valence-corrected chi connectivity index (χ0v) is 11.0. The lowest BCUT2D eigenvalue weighted by Crippen LogP contribution is -2.32. The molecule has 1 aromatic rings. The molecule has 1 N–H and O–H groups in total. The highest BCUT2D eigenvalue weighted by atomic mass is 32.2. The van der Waals surface area contributed by atoms with Crippen LogP contribution in [0.25, 0.3) is 0 Å². The van der Waals surface area contributed by atoms with Crippen molar-refractivity contribution in [2.45, 2.75) is 4.90 Å². The van der Waals surface area contributed by atoms with Crippen LogP contribution in [0, 0.1) is 17.1 Å². The van der Waals surface area contributed by atoms with Crippen LogP contribution in [0.1, 0.15) is 5.56 Å². The largest absolute Gasteiger partial charge is 0.318 e. The van der Waals surface area contributed by atoms with E-state index in [0.29, 0.717) is 6.54 Å². The van der Waals surface area contributed by atoms with Gasteiger partial charge in [-0.3, -0.25) is 0 Å². The highest BCUT2D eigenvalue weighted by Gasteiger charge is 2.21. The Morgan fingerprint density at radius 1 is 1.50 bits per heavy atom. The summed E-state index contributed by atoms with van der Waals surface area (Å²) >= 11 is 0. The second kappa shape index (κ2) is 5.91. The Labute approximate surface area is 106 Å². The van der Waals surface area contributed by atoms with Crippen molar-refractivity contribution in [3.63, 3.8) is 0 Å². The van der Waals surface area contributed by atoms with E-state index in [1.165, 1.54) is 7.05 Å². The molecule has 0 radical (unpaired) electrons. The fourth-order valence-electron chi connectivity index (χ4n) is 1.32. The van der Waals surface area contributed by atoms with Crippen LogP contribution in [-0.4, -0.2) is 39.9 Å². The third-order valence-corrected chi connectivity index (χ3v) is 4.30. The first-order valence-corrected chi connectivity index (χ1v) is 6.68. The van der Waals surface area contributed by atoms with Gasteiger partial charge in [0.2, 0.25) is 10.0 Å². The van der Waals surface area contributed by atoms with Crippen LogP contribution < -0.4 is 5.32 Å². The Morgan fingerprint density at radius 2 is 2.17 bits per heavy atom. The number of nitriles is 1. The van der Waals surface area contributed by atoms with Gasteiger partial charge >= 0.3 is 0 Å². The minimum absolute atomic E-state index is 0.0842. The van der Waals surface area contributed by atoms with Crippen LogP contribution in [0.2, 0.25) is 0 Å². The van der Waals surface area contributed by atoms with E-state index >= 15 is 0 Å². The average molecular weight is 271 g/mol. The molecule has 7 heteroatoms. The van der Waals surface area contributed by atoms with E-state index in [4.69, 9.17) is 5.26 Å². The molecule has 0 aliphatic carbocycles. The predicted molar refractivity (Wildman–Crippen MR) is 64.9 cm³/mol. The van der Waals surface area contributed by atoms with Gasteiger partial charge in [-0.05, 0) is 25.2 Å². The molecule has 0 heterocycles. The van der Waals surface area contributed by atoms with Crippen molar-refractivity contribution in [1.82, 2.24) is 9.62 Å². The summed E-state index contributed by atoms with van der Waals surface area (Å²) in [5, 5.41) is 11.5. The maximum absolute atomic E-state index is 13.1. The highest BCUT2D eigenvalue weighted by molar-refractivity contribution is 7.89. The van der Waals surface area contributed by atoms with Crippen molar-refractivity contribution in [2.24, 2.45) is 0 Å². The van der Waals surface area contributed by atoms with Crippen LogP contribution in [0.3, 0.4) is 0 Å². The summed E-state index contributed by atoms with van der Waals surface area (Å²) < 4.78 is 38.4. The number of halogens is 1. The zero-order chi connectivity index (χ0) is 13.8. The SMILES string of the molecule is CNCCN(C)S(=O)(=O)c1ccc(F)c(C#N)c1. The fourth-order valence-corrected chi connectivity index (χ4v) is 2.52. The first-order chi connectivity index (χ1) is 8.43. The van der Waals surface area contributed by atoms with Gasteiger partial charge in [0, 0.05) is 20.1 Å². The van der Waals surface area contributed by atoms with Crippen LogP contribution in [-0.2, 0) is 10.0 Å². The molecule has 98 valence electrons. The van der Waals surface area contributed by atoms with Gasteiger partial charge in [-0.25, -0.2) is 12.8 Å². The highest BCUT2D eigenvalue weighted by Crippen LogP contribution is 2.17. The van der Waals surface area contributed by atoms with Crippen molar-refractivity contribution in [3.8, 4) is 6.07 Å². The topological polar surface area (TPSA) is 73.2 Å². The smallest absolute Gasteiger partial charge is 0.242 e. The zero-order valence-electron chi connectivity index (χ0n) is 10.1. The Bertz CT molecular complexity index is 566. The van der Waals surface area contributed by atoms with Crippen molar-refractivity contribution in [2.75, 3.05) is 27.2 Å². The Kier molecular flexibility index (Phi) is 4.78. The second-order valence-electron chi connectivity index (χ2n) is 3.68. The second-order valence-corrected chi connectivity index (χ2v) is 5.73. The van der Waals surface area contributed by atoms with Gasteiger partial charge in [0.25, 0.3) is 0 Å². The molecule has 0 spiro atoms. The van der Waals surface area contributed by atoms with Gasteiger partial charge in [-0.2, -0.15) is 9.57 Å². The lowest BCUT2D eigenvalue weighted by molar-refractivity contribution is 0.466. The van der Waals surface area contributed by atoms with Crippen molar-refractivity contribution < 1.29 is 12.8 Å². The monoisotopic (exact) mass is 271 g/mol. The summed E-state index contributed by atoms with van der Waals surface area (Å²) in [6.45, 7) is 0.792. The Morgan fingerprint density at radius 3 is 2.72 bits per heavy atom. The molecular weight excluding hydrogens is 257 g/mol. The number of hydrogen-bond acceptors (Lipinski definition) is 4. The third kappa shape index (κ3) is 3.04. The minimum Gasteiger partial charge on any atom is -0.318 e. The van der Waals surface area contributed by atoms with Gasteiger partial charge < -0.3 is 5.32 Å². The summed E-state index contributed by atoms with van der Waals surface area (Å²) in [7, 11) is -0.538. The summed E-state index contributed by atoms with van der Waals surface area (Å²) in [4.78, 5) is -0.0842.